The Bertz CT molecular complexity index is 1030. The van der Waals surface area contributed by atoms with E-state index < -0.39 is 5.91 Å². The zero-order chi connectivity index (χ0) is 16.1. The van der Waals surface area contributed by atoms with Crippen LogP contribution >= 0.6 is 11.3 Å². The third-order valence-electron chi connectivity index (χ3n) is 4.02. The molecule has 0 saturated carbocycles. The number of amides is 2. The van der Waals surface area contributed by atoms with Gasteiger partial charge >= 0.3 is 0 Å². The van der Waals surface area contributed by atoms with E-state index in [1.165, 1.54) is 18.3 Å². The molecule has 0 atom stereocenters. The summed E-state index contributed by atoms with van der Waals surface area (Å²) < 4.78 is 1.98. The van der Waals surface area contributed by atoms with E-state index >= 15 is 0 Å². The summed E-state index contributed by atoms with van der Waals surface area (Å²) in [5.74, 6) is -0.793. The first kappa shape index (κ1) is 14.1. The maximum Gasteiger partial charge on any atom is 0.271 e. The number of rotatable bonds is 0. The highest BCUT2D eigenvalue weighted by atomic mass is 32.1. The molecular formula is C16H13N3O3S. The number of aromatic nitrogens is 1. The molecule has 2 amide bonds. The van der Waals surface area contributed by atoms with E-state index in [2.05, 4.69) is 4.99 Å². The third kappa shape index (κ3) is 1.93. The van der Waals surface area contributed by atoms with Gasteiger partial charge in [0.1, 0.15) is 4.53 Å². The van der Waals surface area contributed by atoms with Gasteiger partial charge in [0.25, 0.3) is 11.5 Å². The highest BCUT2D eigenvalue weighted by Crippen LogP contribution is 2.34. The van der Waals surface area contributed by atoms with E-state index in [-0.39, 0.29) is 11.5 Å². The lowest BCUT2D eigenvalue weighted by Gasteiger charge is -2.11. The maximum atomic E-state index is 12.8. The van der Waals surface area contributed by atoms with Gasteiger partial charge in [0.2, 0.25) is 5.91 Å². The third-order valence-corrected chi connectivity index (χ3v) is 5.14. The minimum Gasteiger partial charge on any atom is -0.283 e. The normalized spacial score (nSPS) is 18.5. The number of anilines is 1. The molecule has 1 aromatic carbocycles. The number of carbonyl (C=O) groups is 2. The first-order valence-corrected chi connectivity index (χ1v) is 8.14. The quantitative estimate of drug-likeness (QED) is 0.685. The Kier molecular flexibility index (Phi) is 3.05. The van der Waals surface area contributed by atoms with Gasteiger partial charge in [0.15, 0.2) is 4.80 Å². The van der Waals surface area contributed by atoms with Crippen molar-refractivity contribution in [1.82, 2.24) is 4.57 Å². The lowest BCUT2D eigenvalue weighted by molar-refractivity contribution is -0.122. The fraction of sp³-hybridized carbons (Fsp3) is 0.250. The Morgan fingerprint density at radius 1 is 1.26 bits per heavy atom. The van der Waals surface area contributed by atoms with Gasteiger partial charge in [-0.3, -0.25) is 23.9 Å². The number of nitrogens with zero attached hydrogens (tertiary/aromatic N) is 3. The number of benzene rings is 1. The van der Waals surface area contributed by atoms with Crippen LogP contribution in [0.15, 0.2) is 34.1 Å². The van der Waals surface area contributed by atoms with Crippen LogP contribution in [0.25, 0.3) is 5.57 Å². The Hall–Kier alpha value is -2.54. The van der Waals surface area contributed by atoms with Gasteiger partial charge in [-0.25, -0.2) is 4.90 Å². The molecule has 2 aliphatic heterocycles. The number of thiazole rings is 1. The molecule has 3 heterocycles. The van der Waals surface area contributed by atoms with Crippen molar-refractivity contribution in [2.24, 2.45) is 4.99 Å². The van der Waals surface area contributed by atoms with Crippen molar-refractivity contribution in [2.45, 2.75) is 19.9 Å². The molecule has 0 spiro atoms. The smallest absolute Gasteiger partial charge is 0.271 e. The number of imide groups is 1. The summed E-state index contributed by atoms with van der Waals surface area (Å²) in [6.45, 7) is 2.66. The zero-order valence-corrected chi connectivity index (χ0v) is 13.2. The van der Waals surface area contributed by atoms with E-state index in [1.54, 1.807) is 28.8 Å². The van der Waals surface area contributed by atoms with Crippen LogP contribution in [0.1, 0.15) is 18.9 Å². The summed E-state index contributed by atoms with van der Waals surface area (Å²) in [6.07, 6.45) is 0.822. The number of hydrogen-bond acceptors (Lipinski definition) is 5. The molecule has 0 N–H and O–H groups in total. The molecular weight excluding hydrogens is 314 g/mol. The van der Waals surface area contributed by atoms with E-state index in [9.17, 15) is 14.4 Å². The summed E-state index contributed by atoms with van der Waals surface area (Å²) in [5, 5.41) is 0. The topological polar surface area (TPSA) is 71.7 Å². The Morgan fingerprint density at radius 3 is 2.78 bits per heavy atom. The molecule has 7 heteroatoms. The summed E-state index contributed by atoms with van der Waals surface area (Å²) in [6, 6.07) is 7.06. The molecule has 4 rings (SSSR count). The van der Waals surface area contributed by atoms with Gasteiger partial charge in [-0.2, -0.15) is 0 Å². The van der Waals surface area contributed by atoms with Gasteiger partial charge in [-0.15, -0.1) is 0 Å². The predicted molar refractivity (Wildman–Crippen MR) is 86.0 cm³/mol. The standard InChI is InChI=1S/C16H13N3O3S/c1-9(20)19-11-6-3-2-5-10(11)12(14(19)21)13-15(22)18-8-4-7-17-16(18)23-13/h2-3,5-6H,4,7-8H2,1H3/b13-12+. The van der Waals surface area contributed by atoms with Crippen molar-refractivity contribution < 1.29 is 9.59 Å². The van der Waals surface area contributed by atoms with Gasteiger partial charge < -0.3 is 0 Å². The van der Waals surface area contributed by atoms with Crippen LogP contribution in [-0.4, -0.2) is 22.9 Å². The van der Waals surface area contributed by atoms with Gasteiger partial charge in [0, 0.05) is 25.6 Å². The molecule has 0 unspecified atom stereocenters. The van der Waals surface area contributed by atoms with Crippen LogP contribution in [0.4, 0.5) is 5.69 Å². The predicted octanol–water partition coefficient (Wildman–Crippen LogP) is 0.0252. The number of carbonyl (C=O) groups excluding carboxylic acids is 2. The monoisotopic (exact) mass is 327 g/mol. The van der Waals surface area contributed by atoms with Crippen molar-refractivity contribution in [3.05, 3.63) is 49.5 Å². The van der Waals surface area contributed by atoms with E-state index in [0.717, 1.165) is 11.3 Å². The largest absolute Gasteiger partial charge is 0.283 e. The summed E-state index contributed by atoms with van der Waals surface area (Å²) in [5.41, 5.74) is 1.27. The van der Waals surface area contributed by atoms with Crippen molar-refractivity contribution in [3.63, 3.8) is 0 Å². The van der Waals surface area contributed by atoms with Crippen molar-refractivity contribution in [1.29, 1.82) is 0 Å². The lowest BCUT2D eigenvalue weighted by Crippen LogP contribution is -2.37. The van der Waals surface area contributed by atoms with Crippen molar-refractivity contribution in [2.75, 3.05) is 11.4 Å². The fourth-order valence-corrected chi connectivity index (χ4v) is 4.14. The number of para-hydroxylation sites is 1. The summed E-state index contributed by atoms with van der Waals surface area (Å²) >= 11 is 1.23. The second-order valence-electron chi connectivity index (χ2n) is 5.46. The first-order chi connectivity index (χ1) is 11.1. The van der Waals surface area contributed by atoms with Crippen LogP contribution in [0, 0.1) is 0 Å². The second kappa shape index (κ2) is 4.99. The molecule has 0 radical (unpaired) electrons. The molecule has 2 aromatic rings. The molecule has 23 heavy (non-hydrogen) atoms. The summed E-state index contributed by atoms with van der Waals surface area (Å²) in [7, 11) is 0. The van der Waals surface area contributed by atoms with Gasteiger partial charge in [-0.1, -0.05) is 29.5 Å². The minimum absolute atomic E-state index is 0.197. The highest BCUT2D eigenvalue weighted by molar-refractivity contribution is 7.07. The molecule has 0 saturated heterocycles. The Balaban J connectivity index is 2.12. The van der Waals surface area contributed by atoms with E-state index in [1.807, 2.05) is 0 Å². The van der Waals surface area contributed by atoms with Crippen LogP contribution in [-0.2, 0) is 16.1 Å². The number of fused-ring (bicyclic) bond motifs is 2. The molecule has 0 fully saturated rings. The Morgan fingerprint density at radius 2 is 2.04 bits per heavy atom. The van der Waals surface area contributed by atoms with Crippen LogP contribution in [0.5, 0.6) is 0 Å². The summed E-state index contributed by atoms with van der Waals surface area (Å²) in [4.78, 5) is 43.4. The van der Waals surface area contributed by atoms with Gasteiger partial charge in [-0.05, 0) is 12.5 Å². The van der Waals surface area contributed by atoms with E-state index in [4.69, 9.17) is 0 Å². The molecule has 0 aliphatic carbocycles. The molecule has 6 nitrogen and oxygen atoms in total. The highest BCUT2D eigenvalue weighted by Gasteiger charge is 2.36. The van der Waals surface area contributed by atoms with Crippen LogP contribution < -0.4 is 19.8 Å². The average molecular weight is 327 g/mol. The SMILES string of the molecule is CC(=O)N1C(=O)/C(=c2/sc3n(c2=O)CCCN=3)c2ccccc21. The molecule has 1 aromatic heterocycles. The van der Waals surface area contributed by atoms with Crippen molar-refractivity contribution in [3.8, 4) is 0 Å². The molecule has 0 bridgehead atoms. The lowest BCUT2D eigenvalue weighted by atomic mass is 10.1. The average Bonchev–Trinajstić information content (AvgIpc) is 3.01. The fourth-order valence-electron chi connectivity index (χ4n) is 3.02. The second-order valence-corrected chi connectivity index (χ2v) is 6.44. The first-order valence-electron chi connectivity index (χ1n) is 7.32. The maximum absolute atomic E-state index is 12.8. The van der Waals surface area contributed by atoms with Crippen molar-refractivity contribution >= 4 is 34.4 Å². The van der Waals surface area contributed by atoms with E-state index in [0.29, 0.717) is 39.2 Å². The van der Waals surface area contributed by atoms with Gasteiger partial charge in [0.05, 0.1) is 11.3 Å². The zero-order valence-electron chi connectivity index (χ0n) is 12.4. The minimum atomic E-state index is -0.435. The van der Waals surface area contributed by atoms with Crippen LogP contribution in [0.2, 0.25) is 0 Å². The molecule has 116 valence electrons. The number of hydrogen-bond donors (Lipinski definition) is 0. The molecule has 2 aliphatic rings. The Labute approximate surface area is 135 Å². The van der Waals surface area contributed by atoms with Crippen LogP contribution in [0.3, 0.4) is 0 Å².